The average molecular weight is 444 g/mol. The lowest BCUT2D eigenvalue weighted by Crippen LogP contribution is -2.34. The number of halogens is 3. The molecule has 8 heteroatoms. The molecule has 2 aromatic carbocycles. The van der Waals surface area contributed by atoms with Gasteiger partial charge in [0.1, 0.15) is 11.3 Å². The molecule has 1 amide bonds. The van der Waals surface area contributed by atoms with Gasteiger partial charge in [-0.1, -0.05) is 25.1 Å². The number of methoxy groups -OCH3 is 1. The molecule has 1 aromatic heterocycles. The van der Waals surface area contributed by atoms with E-state index in [1.165, 1.54) is 18.2 Å². The zero-order valence-corrected chi connectivity index (χ0v) is 17.7. The molecule has 0 aliphatic rings. The van der Waals surface area contributed by atoms with Crippen molar-refractivity contribution >= 4 is 5.91 Å². The van der Waals surface area contributed by atoms with E-state index in [1.807, 2.05) is 24.3 Å². The molecule has 0 saturated carbocycles. The van der Waals surface area contributed by atoms with Gasteiger partial charge in [-0.05, 0) is 60.9 Å². The molecule has 1 heterocycles. The van der Waals surface area contributed by atoms with Crippen LogP contribution in [0.4, 0.5) is 13.2 Å². The van der Waals surface area contributed by atoms with Gasteiger partial charge in [0.2, 0.25) is 0 Å². The SMILES string of the molecule is CCc1ccc(C(=O)NCCc2cccc(OC)c2)c(=O)n1-c1cccc(C(F)(F)F)c1. The van der Waals surface area contributed by atoms with Crippen molar-refractivity contribution in [2.24, 2.45) is 0 Å². The first kappa shape index (κ1) is 23.1. The van der Waals surface area contributed by atoms with Crippen LogP contribution in [-0.2, 0) is 19.0 Å². The number of hydrogen-bond donors (Lipinski definition) is 1. The largest absolute Gasteiger partial charge is 0.497 e. The minimum Gasteiger partial charge on any atom is -0.497 e. The van der Waals surface area contributed by atoms with Crippen LogP contribution in [0.2, 0.25) is 0 Å². The summed E-state index contributed by atoms with van der Waals surface area (Å²) in [6.45, 7) is 2.07. The van der Waals surface area contributed by atoms with Crippen LogP contribution in [0, 0.1) is 0 Å². The number of rotatable bonds is 7. The monoisotopic (exact) mass is 444 g/mol. The van der Waals surface area contributed by atoms with Crippen molar-refractivity contribution in [2.45, 2.75) is 25.9 Å². The van der Waals surface area contributed by atoms with Crippen molar-refractivity contribution in [2.75, 3.05) is 13.7 Å². The number of pyridine rings is 1. The molecular formula is C24H23F3N2O3. The molecule has 0 aliphatic carbocycles. The van der Waals surface area contributed by atoms with Crippen LogP contribution >= 0.6 is 0 Å². The third kappa shape index (κ3) is 5.19. The van der Waals surface area contributed by atoms with Gasteiger partial charge in [0.05, 0.1) is 12.7 Å². The number of alkyl halides is 3. The third-order valence-electron chi connectivity index (χ3n) is 5.04. The van der Waals surface area contributed by atoms with E-state index in [9.17, 15) is 22.8 Å². The lowest BCUT2D eigenvalue weighted by atomic mass is 10.1. The molecule has 5 nitrogen and oxygen atoms in total. The lowest BCUT2D eigenvalue weighted by molar-refractivity contribution is -0.137. The number of benzene rings is 2. The first-order chi connectivity index (χ1) is 15.2. The van der Waals surface area contributed by atoms with E-state index in [-0.39, 0.29) is 17.8 Å². The zero-order valence-electron chi connectivity index (χ0n) is 17.7. The van der Waals surface area contributed by atoms with E-state index >= 15 is 0 Å². The maximum Gasteiger partial charge on any atom is 0.416 e. The quantitative estimate of drug-likeness (QED) is 0.588. The number of carbonyl (C=O) groups is 1. The van der Waals surface area contributed by atoms with E-state index in [1.54, 1.807) is 20.1 Å². The number of ether oxygens (including phenoxy) is 1. The highest BCUT2D eigenvalue weighted by Gasteiger charge is 2.30. The van der Waals surface area contributed by atoms with Gasteiger partial charge in [-0.15, -0.1) is 0 Å². The molecule has 3 rings (SSSR count). The Morgan fingerprint density at radius 2 is 1.81 bits per heavy atom. The minimum absolute atomic E-state index is 0.0627. The second kappa shape index (κ2) is 9.72. The number of carbonyl (C=O) groups excluding carboxylic acids is 1. The van der Waals surface area contributed by atoms with E-state index in [0.29, 0.717) is 24.3 Å². The molecule has 1 N–H and O–H groups in total. The molecule has 0 atom stereocenters. The summed E-state index contributed by atoms with van der Waals surface area (Å²) in [5.41, 5.74) is -0.146. The fraction of sp³-hybridized carbons (Fsp3) is 0.250. The number of aromatic nitrogens is 1. The Balaban J connectivity index is 1.85. The van der Waals surface area contributed by atoms with Crippen LogP contribution in [0.15, 0.2) is 65.5 Å². The predicted molar refractivity (Wildman–Crippen MR) is 115 cm³/mol. The van der Waals surface area contributed by atoms with E-state index in [2.05, 4.69) is 5.32 Å². The summed E-state index contributed by atoms with van der Waals surface area (Å²) in [6, 6.07) is 14.9. The van der Waals surface area contributed by atoms with Crippen LogP contribution < -0.4 is 15.6 Å². The van der Waals surface area contributed by atoms with E-state index in [0.717, 1.165) is 22.3 Å². The smallest absolute Gasteiger partial charge is 0.416 e. The predicted octanol–water partition coefficient (Wildman–Crippen LogP) is 4.40. The molecule has 0 saturated heterocycles. The molecule has 0 fully saturated rings. The number of nitrogens with one attached hydrogen (secondary N) is 1. The maximum atomic E-state index is 13.1. The van der Waals surface area contributed by atoms with E-state index in [4.69, 9.17) is 4.74 Å². The highest BCUT2D eigenvalue weighted by atomic mass is 19.4. The van der Waals surface area contributed by atoms with Gasteiger partial charge in [0.25, 0.3) is 11.5 Å². The molecule has 168 valence electrons. The zero-order chi connectivity index (χ0) is 23.3. The Bertz CT molecular complexity index is 1170. The lowest BCUT2D eigenvalue weighted by Gasteiger charge is -2.15. The number of amides is 1. The van der Waals surface area contributed by atoms with Crippen LogP contribution in [0.1, 0.15) is 34.1 Å². The van der Waals surface area contributed by atoms with Gasteiger partial charge in [-0.3, -0.25) is 14.2 Å². The Kier molecular flexibility index (Phi) is 7.02. The Labute approximate surface area is 183 Å². The standard InChI is InChI=1S/C24H23F3N2O3/c1-3-18-10-11-21(22(30)28-13-12-16-6-4-9-20(14-16)32-2)23(31)29(18)19-8-5-7-17(15-19)24(25,26)27/h4-11,14-15H,3,12-13H2,1-2H3,(H,28,30). The summed E-state index contributed by atoms with van der Waals surface area (Å²) in [6.07, 6.45) is -3.61. The maximum absolute atomic E-state index is 13.1. The number of hydrogen-bond acceptors (Lipinski definition) is 3. The Morgan fingerprint density at radius 3 is 2.50 bits per heavy atom. The van der Waals surface area contributed by atoms with Gasteiger partial charge < -0.3 is 10.1 Å². The van der Waals surface area contributed by atoms with Crippen molar-refractivity contribution in [3.05, 3.63) is 93.4 Å². The minimum atomic E-state index is -4.54. The average Bonchev–Trinajstić information content (AvgIpc) is 2.78. The van der Waals surface area contributed by atoms with Crippen LogP contribution in [0.3, 0.4) is 0 Å². The second-order valence-electron chi connectivity index (χ2n) is 7.14. The van der Waals surface area contributed by atoms with Crippen molar-refractivity contribution < 1.29 is 22.7 Å². The molecule has 32 heavy (non-hydrogen) atoms. The second-order valence-corrected chi connectivity index (χ2v) is 7.14. The normalized spacial score (nSPS) is 11.3. The summed E-state index contributed by atoms with van der Waals surface area (Å²) >= 11 is 0. The first-order valence-corrected chi connectivity index (χ1v) is 10.1. The molecule has 0 radical (unpaired) electrons. The summed E-state index contributed by atoms with van der Waals surface area (Å²) in [7, 11) is 1.57. The van der Waals surface area contributed by atoms with Gasteiger partial charge in [-0.25, -0.2) is 0 Å². The molecule has 3 aromatic rings. The Hall–Kier alpha value is -3.55. The van der Waals surface area contributed by atoms with Crippen molar-refractivity contribution in [1.29, 1.82) is 0 Å². The van der Waals surface area contributed by atoms with Gasteiger partial charge in [-0.2, -0.15) is 13.2 Å². The number of aryl methyl sites for hydroxylation is 1. The topological polar surface area (TPSA) is 60.3 Å². The molecular weight excluding hydrogens is 421 g/mol. The van der Waals surface area contributed by atoms with E-state index < -0.39 is 23.2 Å². The van der Waals surface area contributed by atoms with Crippen LogP contribution in [0.25, 0.3) is 5.69 Å². The summed E-state index contributed by atoms with van der Waals surface area (Å²) < 4.78 is 45.8. The molecule has 0 aliphatic heterocycles. The van der Waals surface area contributed by atoms with Crippen molar-refractivity contribution in [3.8, 4) is 11.4 Å². The molecule has 0 bridgehead atoms. The summed E-state index contributed by atoms with van der Waals surface area (Å²) in [5.74, 6) is 0.120. The van der Waals surface area contributed by atoms with Gasteiger partial charge in [0.15, 0.2) is 0 Å². The third-order valence-corrected chi connectivity index (χ3v) is 5.04. The fourth-order valence-electron chi connectivity index (χ4n) is 3.37. The van der Waals surface area contributed by atoms with Crippen LogP contribution in [0.5, 0.6) is 5.75 Å². The van der Waals surface area contributed by atoms with Gasteiger partial charge >= 0.3 is 6.18 Å². The highest BCUT2D eigenvalue weighted by Crippen LogP contribution is 2.30. The molecule has 0 unspecified atom stereocenters. The summed E-state index contributed by atoms with van der Waals surface area (Å²) in [5, 5.41) is 2.70. The van der Waals surface area contributed by atoms with Crippen molar-refractivity contribution in [3.63, 3.8) is 0 Å². The highest BCUT2D eigenvalue weighted by molar-refractivity contribution is 5.93. The molecule has 0 spiro atoms. The van der Waals surface area contributed by atoms with Crippen LogP contribution in [-0.4, -0.2) is 24.1 Å². The fourth-order valence-corrected chi connectivity index (χ4v) is 3.37. The first-order valence-electron chi connectivity index (χ1n) is 10.1. The number of nitrogens with zero attached hydrogens (tertiary/aromatic N) is 1. The Morgan fingerprint density at radius 1 is 1.06 bits per heavy atom. The van der Waals surface area contributed by atoms with Gasteiger partial charge in [0, 0.05) is 17.9 Å². The summed E-state index contributed by atoms with van der Waals surface area (Å²) in [4.78, 5) is 25.7. The van der Waals surface area contributed by atoms with Crippen molar-refractivity contribution in [1.82, 2.24) is 9.88 Å².